The zero-order valence-electron chi connectivity index (χ0n) is 19.2. The van der Waals surface area contributed by atoms with E-state index in [1.807, 2.05) is 0 Å². The Bertz CT molecular complexity index is 1250. The van der Waals surface area contributed by atoms with Crippen LogP contribution in [0.1, 0.15) is 57.7 Å². The van der Waals surface area contributed by atoms with Crippen LogP contribution in [-0.2, 0) is 16.1 Å². The quantitative estimate of drug-likeness (QED) is 0.422. The summed E-state index contributed by atoms with van der Waals surface area (Å²) in [6, 6.07) is 6.08. The molecule has 1 aliphatic carbocycles. The number of nitrogens with two attached hydrogens (primary N) is 1. The monoisotopic (exact) mass is 465 g/mol. The van der Waals surface area contributed by atoms with E-state index in [9.17, 15) is 14.3 Å². The minimum atomic E-state index is -1.04. The third-order valence-electron chi connectivity index (χ3n) is 5.86. The highest BCUT2D eigenvalue weighted by atomic mass is 19.1. The van der Waals surface area contributed by atoms with Crippen LogP contribution in [0.4, 0.5) is 10.2 Å². The van der Waals surface area contributed by atoms with Crippen molar-refractivity contribution >= 4 is 23.0 Å². The van der Waals surface area contributed by atoms with E-state index in [1.54, 1.807) is 23.6 Å². The Hall–Kier alpha value is -3.51. The Morgan fingerprint density at radius 3 is 2.79 bits per heavy atom. The molecule has 0 aliphatic heterocycles. The fourth-order valence-electron chi connectivity index (χ4n) is 4.19. The molecular weight excluding hydrogens is 437 g/mol. The van der Waals surface area contributed by atoms with E-state index in [1.165, 1.54) is 12.1 Å². The number of fused-ring (bicyclic) bond motifs is 1. The Kier molecular flexibility index (Phi) is 7.08. The number of hydrogen-bond acceptors (Lipinski definition) is 7. The van der Waals surface area contributed by atoms with E-state index in [0.717, 1.165) is 19.3 Å². The minimum Gasteiger partial charge on any atom is -0.466 e. The van der Waals surface area contributed by atoms with Crippen molar-refractivity contribution in [3.8, 4) is 23.2 Å². The molecule has 0 saturated heterocycles. The first-order valence-electron chi connectivity index (χ1n) is 11.6. The average molecular weight is 466 g/mol. The van der Waals surface area contributed by atoms with Crippen LogP contribution < -0.4 is 5.73 Å². The van der Waals surface area contributed by atoms with E-state index in [0.29, 0.717) is 55.0 Å². The molecular formula is C25H28FN5O3. The molecule has 0 radical (unpaired) electrons. The molecule has 3 aromatic rings. The summed E-state index contributed by atoms with van der Waals surface area (Å²) in [5.74, 6) is 5.92. The van der Waals surface area contributed by atoms with Crippen LogP contribution in [0, 0.1) is 17.7 Å². The largest absolute Gasteiger partial charge is 0.466 e. The van der Waals surface area contributed by atoms with E-state index in [2.05, 4.69) is 26.8 Å². The van der Waals surface area contributed by atoms with Gasteiger partial charge in [-0.1, -0.05) is 24.5 Å². The number of nitrogens with zero attached hydrogens (tertiary/aromatic N) is 4. The summed E-state index contributed by atoms with van der Waals surface area (Å²) in [5.41, 5.74) is 6.52. The molecule has 0 amide bonds. The number of halogens is 1. The smallest absolute Gasteiger partial charge is 0.305 e. The van der Waals surface area contributed by atoms with Crippen molar-refractivity contribution < 1.29 is 19.0 Å². The third-order valence-corrected chi connectivity index (χ3v) is 5.86. The van der Waals surface area contributed by atoms with Crippen LogP contribution >= 0.6 is 0 Å². The first-order valence-corrected chi connectivity index (χ1v) is 11.6. The van der Waals surface area contributed by atoms with Gasteiger partial charge in [0.15, 0.2) is 17.0 Å². The topological polar surface area (TPSA) is 116 Å². The highest BCUT2D eigenvalue weighted by Gasteiger charge is 2.27. The molecule has 9 heteroatoms. The number of anilines is 1. The number of benzene rings is 1. The summed E-state index contributed by atoms with van der Waals surface area (Å²) in [6.07, 6.45) is 4.87. The molecule has 1 aliphatic rings. The highest BCUT2D eigenvalue weighted by molar-refractivity contribution is 5.86. The SMILES string of the molecule is CCOC(=O)CCCn1c(-c2cccc(F)c2)nc2c(N)nc(C#CC3(O)CCCCC3)nc21. The molecule has 0 spiro atoms. The second kappa shape index (κ2) is 10.2. The number of hydrogen-bond donors (Lipinski definition) is 2. The lowest BCUT2D eigenvalue weighted by atomic mass is 9.85. The molecule has 2 heterocycles. The normalized spacial score (nSPS) is 15.0. The van der Waals surface area contributed by atoms with Crippen molar-refractivity contribution in [3.05, 3.63) is 35.9 Å². The van der Waals surface area contributed by atoms with Crippen molar-refractivity contribution in [2.75, 3.05) is 12.3 Å². The fraction of sp³-hybridized carbons (Fsp3) is 0.440. The number of rotatable bonds is 6. The number of imidazole rings is 1. The van der Waals surface area contributed by atoms with Gasteiger partial charge in [0, 0.05) is 18.5 Å². The van der Waals surface area contributed by atoms with Crippen molar-refractivity contribution in [2.24, 2.45) is 0 Å². The van der Waals surface area contributed by atoms with Gasteiger partial charge >= 0.3 is 5.97 Å². The molecule has 0 atom stereocenters. The van der Waals surface area contributed by atoms with Gasteiger partial charge < -0.3 is 20.1 Å². The summed E-state index contributed by atoms with van der Waals surface area (Å²) in [6.45, 7) is 2.46. The Morgan fingerprint density at radius 2 is 2.06 bits per heavy atom. The summed E-state index contributed by atoms with van der Waals surface area (Å²) < 4.78 is 20.8. The van der Waals surface area contributed by atoms with Gasteiger partial charge in [-0.05, 0) is 57.1 Å². The molecule has 34 heavy (non-hydrogen) atoms. The number of ether oxygens (including phenoxy) is 1. The van der Waals surface area contributed by atoms with Crippen LogP contribution in [0.25, 0.3) is 22.6 Å². The lowest BCUT2D eigenvalue weighted by molar-refractivity contribution is -0.143. The minimum absolute atomic E-state index is 0.145. The molecule has 0 unspecified atom stereocenters. The molecule has 3 N–H and O–H groups in total. The third kappa shape index (κ3) is 5.34. The molecule has 2 aromatic heterocycles. The van der Waals surface area contributed by atoms with E-state index in [-0.39, 0.29) is 24.0 Å². The lowest BCUT2D eigenvalue weighted by Crippen LogP contribution is -2.29. The molecule has 1 fully saturated rings. The molecule has 1 aromatic carbocycles. The van der Waals surface area contributed by atoms with Gasteiger partial charge in [-0.15, -0.1) is 0 Å². The fourth-order valence-corrected chi connectivity index (χ4v) is 4.19. The second-order valence-corrected chi connectivity index (χ2v) is 8.45. The van der Waals surface area contributed by atoms with Crippen LogP contribution in [-0.4, -0.2) is 42.8 Å². The lowest BCUT2D eigenvalue weighted by Gasteiger charge is -2.26. The van der Waals surface area contributed by atoms with E-state index < -0.39 is 11.4 Å². The highest BCUT2D eigenvalue weighted by Crippen LogP contribution is 2.29. The van der Waals surface area contributed by atoms with Crippen molar-refractivity contribution in [3.63, 3.8) is 0 Å². The van der Waals surface area contributed by atoms with E-state index >= 15 is 0 Å². The average Bonchev–Trinajstić information content (AvgIpc) is 3.18. The van der Waals surface area contributed by atoms with Crippen molar-refractivity contribution in [2.45, 2.75) is 64.0 Å². The molecule has 0 bridgehead atoms. The zero-order chi connectivity index (χ0) is 24.1. The number of esters is 1. The number of aromatic nitrogens is 4. The Morgan fingerprint density at radius 1 is 1.26 bits per heavy atom. The maximum absolute atomic E-state index is 13.9. The van der Waals surface area contributed by atoms with Gasteiger partial charge in [-0.25, -0.2) is 19.3 Å². The van der Waals surface area contributed by atoms with Gasteiger partial charge in [0.25, 0.3) is 0 Å². The van der Waals surface area contributed by atoms with Crippen molar-refractivity contribution in [1.82, 2.24) is 19.5 Å². The second-order valence-electron chi connectivity index (χ2n) is 8.45. The predicted molar refractivity (Wildman–Crippen MR) is 126 cm³/mol. The number of carbonyl (C=O) groups excluding carboxylic acids is 1. The Balaban J connectivity index is 1.74. The Labute approximate surface area is 197 Å². The summed E-state index contributed by atoms with van der Waals surface area (Å²) >= 11 is 0. The number of aliphatic hydroxyl groups is 1. The number of aryl methyl sites for hydroxylation is 1. The number of nitrogen functional groups attached to an aromatic ring is 1. The summed E-state index contributed by atoms with van der Waals surface area (Å²) in [4.78, 5) is 25.3. The maximum atomic E-state index is 13.9. The van der Waals surface area contributed by atoms with Gasteiger partial charge in [-0.3, -0.25) is 4.79 Å². The van der Waals surface area contributed by atoms with Crippen LogP contribution in [0.5, 0.6) is 0 Å². The molecule has 8 nitrogen and oxygen atoms in total. The van der Waals surface area contributed by atoms with Crippen LogP contribution in [0.2, 0.25) is 0 Å². The first kappa shape index (κ1) is 23.6. The summed E-state index contributed by atoms with van der Waals surface area (Å²) in [7, 11) is 0. The summed E-state index contributed by atoms with van der Waals surface area (Å²) in [5, 5.41) is 10.7. The van der Waals surface area contributed by atoms with Gasteiger partial charge in [-0.2, -0.15) is 0 Å². The van der Waals surface area contributed by atoms with Crippen LogP contribution in [0.15, 0.2) is 24.3 Å². The zero-order valence-corrected chi connectivity index (χ0v) is 19.2. The van der Waals surface area contributed by atoms with Gasteiger partial charge in [0.1, 0.15) is 17.2 Å². The van der Waals surface area contributed by atoms with Crippen LogP contribution in [0.3, 0.4) is 0 Å². The van der Waals surface area contributed by atoms with Crippen molar-refractivity contribution in [1.29, 1.82) is 0 Å². The van der Waals surface area contributed by atoms with Gasteiger partial charge in [0.05, 0.1) is 6.61 Å². The maximum Gasteiger partial charge on any atom is 0.305 e. The molecule has 1 saturated carbocycles. The first-order chi connectivity index (χ1) is 16.4. The number of carbonyl (C=O) groups is 1. The molecule has 4 rings (SSSR count). The molecule has 178 valence electrons. The van der Waals surface area contributed by atoms with Gasteiger partial charge in [0.2, 0.25) is 5.82 Å². The predicted octanol–water partition coefficient (Wildman–Crippen LogP) is 3.60. The standard InChI is InChI=1S/C25H28FN5O3/c1-2-34-20(32)10-7-15-31-23(17-8-6-9-18(26)16-17)30-21-22(27)28-19(29-24(21)31)11-14-25(33)12-4-3-5-13-25/h6,8-9,16,33H,2-5,7,10,12-13,15H2,1H3,(H2,27,28,29). The van der Waals surface area contributed by atoms with E-state index in [4.69, 9.17) is 10.5 Å².